The van der Waals surface area contributed by atoms with Gasteiger partial charge in [-0.2, -0.15) is 0 Å². The zero-order valence-electron chi connectivity index (χ0n) is 13.6. The third-order valence-electron chi connectivity index (χ3n) is 3.95. The van der Waals surface area contributed by atoms with E-state index in [1.165, 1.54) is 4.90 Å². The molecule has 1 aliphatic heterocycles. The number of aromatic nitrogens is 1. The van der Waals surface area contributed by atoms with E-state index >= 15 is 0 Å². The first kappa shape index (κ1) is 16.8. The zero-order chi connectivity index (χ0) is 17.6. The van der Waals surface area contributed by atoms with Crippen LogP contribution in [0.2, 0.25) is 0 Å². The number of cyclic esters (lactones) is 1. The molecule has 130 valence electrons. The second-order valence-electron chi connectivity index (χ2n) is 5.75. The van der Waals surface area contributed by atoms with E-state index in [2.05, 4.69) is 10.3 Å². The molecule has 2 heterocycles. The van der Waals surface area contributed by atoms with E-state index in [0.717, 1.165) is 11.3 Å². The number of benzene rings is 1. The SMILES string of the molecule is O=C(NCCc1ccccn1)[C@@H]1COC(=O)N1Cc1cccc(O)c1. The van der Waals surface area contributed by atoms with Gasteiger partial charge in [0.1, 0.15) is 18.4 Å². The first-order valence-corrected chi connectivity index (χ1v) is 8.02. The second-order valence-corrected chi connectivity index (χ2v) is 5.75. The molecule has 0 bridgehead atoms. The van der Waals surface area contributed by atoms with Gasteiger partial charge in [-0.25, -0.2) is 4.79 Å². The van der Waals surface area contributed by atoms with Crippen LogP contribution in [0.5, 0.6) is 5.75 Å². The number of ether oxygens (including phenoxy) is 1. The summed E-state index contributed by atoms with van der Waals surface area (Å²) in [6, 6.07) is 11.5. The average molecular weight is 341 g/mol. The van der Waals surface area contributed by atoms with Crippen molar-refractivity contribution in [1.82, 2.24) is 15.2 Å². The molecule has 1 saturated heterocycles. The molecule has 0 spiro atoms. The highest BCUT2D eigenvalue weighted by Crippen LogP contribution is 2.19. The highest BCUT2D eigenvalue weighted by molar-refractivity contribution is 5.87. The predicted octanol–water partition coefficient (Wildman–Crippen LogP) is 1.47. The second kappa shape index (κ2) is 7.65. The molecule has 0 unspecified atom stereocenters. The van der Waals surface area contributed by atoms with Crippen LogP contribution in [0.1, 0.15) is 11.3 Å². The molecule has 2 amide bonds. The Morgan fingerprint density at radius 3 is 2.96 bits per heavy atom. The lowest BCUT2D eigenvalue weighted by Crippen LogP contribution is -2.45. The number of aromatic hydroxyl groups is 1. The van der Waals surface area contributed by atoms with Gasteiger partial charge in [-0.1, -0.05) is 18.2 Å². The first-order chi connectivity index (χ1) is 12.1. The van der Waals surface area contributed by atoms with Gasteiger partial charge in [0.05, 0.1) is 6.54 Å². The van der Waals surface area contributed by atoms with E-state index in [9.17, 15) is 14.7 Å². The number of phenols is 1. The Bertz CT molecular complexity index is 751. The highest BCUT2D eigenvalue weighted by Gasteiger charge is 2.37. The lowest BCUT2D eigenvalue weighted by atomic mass is 10.1. The Morgan fingerprint density at radius 2 is 2.20 bits per heavy atom. The third kappa shape index (κ3) is 4.26. The predicted molar refractivity (Wildman–Crippen MR) is 89.7 cm³/mol. The van der Waals surface area contributed by atoms with Gasteiger partial charge in [0.2, 0.25) is 5.91 Å². The van der Waals surface area contributed by atoms with Gasteiger partial charge < -0.3 is 15.2 Å². The number of pyridine rings is 1. The molecule has 0 radical (unpaired) electrons. The summed E-state index contributed by atoms with van der Waals surface area (Å²) in [5.41, 5.74) is 1.61. The fourth-order valence-corrected chi connectivity index (χ4v) is 2.67. The molecule has 1 aromatic carbocycles. The van der Waals surface area contributed by atoms with Crippen molar-refractivity contribution in [3.8, 4) is 5.75 Å². The summed E-state index contributed by atoms with van der Waals surface area (Å²) in [7, 11) is 0. The van der Waals surface area contributed by atoms with Gasteiger partial charge in [0.25, 0.3) is 0 Å². The van der Waals surface area contributed by atoms with E-state index < -0.39 is 12.1 Å². The maximum absolute atomic E-state index is 12.4. The minimum absolute atomic E-state index is 0.0209. The van der Waals surface area contributed by atoms with Crippen LogP contribution in [0, 0.1) is 0 Å². The number of rotatable bonds is 6. The van der Waals surface area contributed by atoms with E-state index in [4.69, 9.17) is 4.74 Å². The Morgan fingerprint density at radius 1 is 1.32 bits per heavy atom. The molecule has 1 aromatic heterocycles. The Labute approximate surface area is 145 Å². The molecule has 2 aromatic rings. The largest absolute Gasteiger partial charge is 0.508 e. The lowest BCUT2D eigenvalue weighted by Gasteiger charge is -2.21. The van der Waals surface area contributed by atoms with Crippen molar-refractivity contribution in [1.29, 1.82) is 0 Å². The molecular weight excluding hydrogens is 322 g/mol. The molecule has 0 aliphatic carbocycles. The van der Waals surface area contributed by atoms with Gasteiger partial charge >= 0.3 is 6.09 Å². The Balaban J connectivity index is 1.57. The summed E-state index contributed by atoms with van der Waals surface area (Å²) >= 11 is 0. The number of carbonyl (C=O) groups is 2. The number of nitrogens with one attached hydrogen (secondary N) is 1. The Kier molecular flexibility index (Phi) is 5.13. The minimum Gasteiger partial charge on any atom is -0.508 e. The zero-order valence-corrected chi connectivity index (χ0v) is 13.6. The van der Waals surface area contributed by atoms with Gasteiger partial charge in [-0.15, -0.1) is 0 Å². The number of hydrogen-bond donors (Lipinski definition) is 2. The topological polar surface area (TPSA) is 91.8 Å². The third-order valence-corrected chi connectivity index (χ3v) is 3.95. The average Bonchev–Trinajstić information content (AvgIpc) is 2.97. The standard InChI is InChI=1S/C18H19N3O4/c22-15-6-3-4-13(10-15)11-21-16(12-25-18(21)24)17(23)20-9-7-14-5-1-2-8-19-14/h1-6,8,10,16,22H,7,9,11-12H2,(H,20,23)/t16-/m0/s1. The molecule has 1 aliphatic rings. The summed E-state index contributed by atoms with van der Waals surface area (Å²) in [6.45, 7) is 0.652. The molecule has 0 saturated carbocycles. The van der Waals surface area contributed by atoms with Crippen LogP contribution < -0.4 is 5.32 Å². The normalized spacial score (nSPS) is 16.6. The van der Waals surface area contributed by atoms with Crippen molar-refractivity contribution in [2.75, 3.05) is 13.2 Å². The summed E-state index contributed by atoms with van der Waals surface area (Å²) in [5.74, 6) is -0.150. The fraction of sp³-hybridized carbons (Fsp3) is 0.278. The lowest BCUT2D eigenvalue weighted by molar-refractivity contribution is -0.124. The smallest absolute Gasteiger partial charge is 0.410 e. The molecule has 1 atom stereocenters. The molecule has 25 heavy (non-hydrogen) atoms. The molecular formula is C18H19N3O4. The van der Waals surface area contributed by atoms with Crippen LogP contribution in [-0.4, -0.2) is 46.2 Å². The Hall–Kier alpha value is -3.09. The van der Waals surface area contributed by atoms with Crippen LogP contribution in [0.25, 0.3) is 0 Å². The molecule has 2 N–H and O–H groups in total. The quantitative estimate of drug-likeness (QED) is 0.830. The fourth-order valence-electron chi connectivity index (χ4n) is 2.67. The van der Waals surface area contributed by atoms with Crippen molar-refractivity contribution in [3.63, 3.8) is 0 Å². The minimum atomic E-state index is -0.682. The number of phenolic OH excluding ortho intramolecular Hbond substituents is 1. The van der Waals surface area contributed by atoms with Gasteiger partial charge in [0, 0.05) is 24.9 Å². The number of amides is 2. The van der Waals surface area contributed by atoms with Crippen LogP contribution in [0.3, 0.4) is 0 Å². The first-order valence-electron chi connectivity index (χ1n) is 8.02. The number of carbonyl (C=O) groups excluding carboxylic acids is 2. The number of nitrogens with zero attached hydrogens (tertiary/aromatic N) is 2. The van der Waals surface area contributed by atoms with Crippen LogP contribution >= 0.6 is 0 Å². The van der Waals surface area contributed by atoms with Crippen molar-refractivity contribution in [3.05, 3.63) is 59.9 Å². The summed E-state index contributed by atoms with van der Waals surface area (Å²) < 4.78 is 5.02. The van der Waals surface area contributed by atoms with Crippen LogP contribution in [0.15, 0.2) is 48.7 Å². The van der Waals surface area contributed by atoms with E-state index in [1.54, 1.807) is 30.5 Å². The maximum Gasteiger partial charge on any atom is 0.410 e. The van der Waals surface area contributed by atoms with E-state index in [-0.39, 0.29) is 24.8 Å². The summed E-state index contributed by atoms with van der Waals surface area (Å²) in [6.07, 6.45) is 1.78. The van der Waals surface area contributed by atoms with Crippen LogP contribution in [0.4, 0.5) is 4.79 Å². The van der Waals surface area contributed by atoms with Gasteiger partial charge in [0.15, 0.2) is 0 Å². The van der Waals surface area contributed by atoms with Crippen molar-refractivity contribution in [2.45, 2.75) is 19.0 Å². The van der Waals surface area contributed by atoms with Crippen molar-refractivity contribution in [2.24, 2.45) is 0 Å². The maximum atomic E-state index is 12.4. The molecule has 7 nitrogen and oxygen atoms in total. The van der Waals surface area contributed by atoms with Crippen molar-refractivity contribution < 1.29 is 19.4 Å². The molecule has 7 heteroatoms. The monoisotopic (exact) mass is 341 g/mol. The van der Waals surface area contributed by atoms with Gasteiger partial charge in [-0.3, -0.25) is 14.7 Å². The van der Waals surface area contributed by atoms with E-state index in [1.807, 2.05) is 18.2 Å². The molecule has 3 rings (SSSR count). The van der Waals surface area contributed by atoms with E-state index in [0.29, 0.717) is 13.0 Å². The number of hydrogen-bond acceptors (Lipinski definition) is 5. The summed E-state index contributed by atoms with van der Waals surface area (Å²) in [5, 5.41) is 12.4. The van der Waals surface area contributed by atoms with Crippen molar-refractivity contribution >= 4 is 12.0 Å². The molecule has 1 fully saturated rings. The summed E-state index contributed by atoms with van der Waals surface area (Å²) in [4.78, 5) is 29.9. The van der Waals surface area contributed by atoms with Crippen LogP contribution in [-0.2, 0) is 22.5 Å². The van der Waals surface area contributed by atoms with Gasteiger partial charge in [-0.05, 0) is 29.8 Å². The highest BCUT2D eigenvalue weighted by atomic mass is 16.6.